The fraction of sp³-hybridized carbons (Fsp3) is 0.344. The summed E-state index contributed by atoms with van der Waals surface area (Å²) in [4.78, 5) is 22.5. The molecule has 2 aromatic carbocycles. The number of ether oxygens (including phenoxy) is 1. The first-order valence-corrected chi connectivity index (χ1v) is 16.6. The van der Waals surface area contributed by atoms with Gasteiger partial charge in [0.2, 0.25) is 0 Å². The number of hydrogen-bond donors (Lipinski definition) is 3. The molecule has 4 aromatic rings. The number of fused-ring (bicyclic) bond motifs is 1. The van der Waals surface area contributed by atoms with Crippen molar-refractivity contribution < 1.29 is 22.8 Å². The van der Waals surface area contributed by atoms with Crippen LogP contribution in [0.2, 0.25) is 0 Å². The van der Waals surface area contributed by atoms with Crippen LogP contribution in [0.15, 0.2) is 71.1 Å². The number of thiophene rings is 1. The van der Waals surface area contributed by atoms with E-state index in [2.05, 4.69) is 46.1 Å². The van der Waals surface area contributed by atoms with Gasteiger partial charge in [-0.2, -0.15) is 4.72 Å². The molecule has 0 bridgehead atoms. The molecule has 1 aliphatic heterocycles. The van der Waals surface area contributed by atoms with Gasteiger partial charge in [-0.25, -0.2) is 18.7 Å². The predicted octanol–water partition coefficient (Wildman–Crippen LogP) is 5.44. The van der Waals surface area contributed by atoms with E-state index in [4.69, 9.17) is 9.57 Å². The molecule has 3 N–H and O–H groups in total. The molecule has 1 aliphatic rings. The quantitative estimate of drug-likeness (QED) is 0.156. The number of carbonyl (C=O) groups excluding carboxylic acids is 1. The standard InChI is InChI=1S/C32H35N3O5S2/c1-2-3-8-23-12-14-24(15-13-23)16-17-26-18-19-31(41-26)42(37,38)35-29(32(36)34-40-30-11-6-7-20-39-30)21-25-22-33-28-10-5-4-9-27(25)28/h4-5,9-10,12-15,18-19,22,29-30,33,35H,2-3,6-8,11,20-21H2,1H3,(H,34,36)/t29-,30?/m1/s1. The molecule has 2 aromatic heterocycles. The Kier molecular flexibility index (Phi) is 10.1. The van der Waals surface area contributed by atoms with Gasteiger partial charge < -0.3 is 9.72 Å². The van der Waals surface area contributed by atoms with Crippen LogP contribution in [-0.2, 0) is 37.2 Å². The van der Waals surface area contributed by atoms with Gasteiger partial charge in [0, 0.05) is 35.7 Å². The average molecular weight is 606 g/mol. The summed E-state index contributed by atoms with van der Waals surface area (Å²) in [6.07, 6.45) is 7.23. The molecule has 42 heavy (non-hydrogen) atoms. The van der Waals surface area contributed by atoms with Gasteiger partial charge in [-0.1, -0.05) is 55.5 Å². The number of hydroxylamine groups is 1. The minimum atomic E-state index is -4.04. The Bertz CT molecular complexity index is 1660. The average Bonchev–Trinajstić information content (AvgIpc) is 3.66. The summed E-state index contributed by atoms with van der Waals surface area (Å²) in [6.45, 7) is 2.73. The van der Waals surface area contributed by atoms with Gasteiger partial charge in [0.25, 0.3) is 15.9 Å². The van der Waals surface area contributed by atoms with E-state index in [1.54, 1.807) is 12.3 Å². The van der Waals surface area contributed by atoms with Crippen molar-refractivity contribution in [1.82, 2.24) is 15.2 Å². The highest BCUT2D eigenvalue weighted by Crippen LogP contribution is 2.23. The predicted molar refractivity (Wildman–Crippen MR) is 164 cm³/mol. The number of hydrogen-bond acceptors (Lipinski definition) is 6. The van der Waals surface area contributed by atoms with Crippen LogP contribution in [0.4, 0.5) is 0 Å². The Balaban J connectivity index is 1.30. The molecule has 1 amide bonds. The number of aromatic nitrogens is 1. The maximum atomic E-state index is 13.5. The van der Waals surface area contributed by atoms with Gasteiger partial charge in [0.1, 0.15) is 10.3 Å². The monoisotopic (exact) mass is 605 g/mol. The topological polar surface area (TPSA) is 110 Å². The Morgan fingerprint density at radius 3 is 2.74 bits per heavy atom. The van der Waals surface area contributed by atoms with E-state index in [1.807, 2.05) is 36.4 Å². The molecule has 1 saturated heterocycles. The summed E-state index contributed by atoms with van der Waals surface area (Å²) >= 11 is 1.06. The van der Waals surface area contributed by atoms with Gasteiger partial charge in [0.05, 0.1) is 4.88 Å². The molecule has 220 valence electrons. The van der Waals surface area contributed by atoms with Gasteiger partial charge >= 0.3 is 0 Å². The van der Waals surface area contributed by atoms with Crippen LogP contribution in [0, 0.1) is 11.8 Å². The highest BCUT2D eigenvalue weighted by Gasteiger charge is 2.29. The zero-order chi connectivity index (χ0) is 29.4. The minimum Gasteiger partial charge on any atom is -0.361 e. The van der Waals surface area contributed by atoms with Crippen molar-refractivity contribution in [2.24, 2.45) is 0 Å². The molecule has 8 nitrogen and oxygen atoms in total. The number of aryl methyl sites for hydroxylation is 1. The molecule has 0 aliphatic carbocycles. The van der Waals surface area contributed by atoms with Crippen LogP contribution >= 0.6 is 11.3 Å². The summed E-state index contributed by atoms with van der Waals surface area (Å²) in [5.41, 5.74) is 6.28. The molecule has 0 spiro atoms. The SMILES string of the molecule is CCCCc1ccc(C#Cc2ccc(S(=O)(=O)N[C@H](Cc3c[nH]c4ccccc34)C(=O)NOC3CCCCO3)s2)cc1. The van der Waals surface area contributed by atoms with E-state index in [1.165, 1.54) is 11.6 Å². The summed E-state index contributed by atoms with van der Waals surface area (Å²) in [5, 5.41) is 0.915. The molecule has 0 radical (unpaired) electrons. The highest BCUT2D eigenvalue weighted by molar-refractivity contribution is 7.91. The number of aromatic amines is 1. The summed E-state index contributed by atoms with van der Waals surface area (Å²) < 4.78 is 35.1. The van der Waals surface area contributed by atoms with Gasteiger partial charge in [-0.15, -0.1) is 11.3 Å². The minimum absolute atomic E-state index is 0.0787. The number of benzene rings is 2. The lowest BCUT2D eigenvalue weighted by atomic mass is 10.1. The zero-order valence-electron chi connectivity index (χ0n) is 23.5. The second kappa shape index (κ2) is 14.1. The van der Waals surface area contributed by atoms with Gasteiger partial charge in [0.15, 0.2) is 6.29 Å². The first-order chi connectivity index (χ1) is 20.4. The molecule has 1 fully saturated rings. The lowest BCUT2D eigenvalue weighted by Crippen LogP contribution is -2.48. The second-order valence-electron chi connectivity index (χ2n) is 10.3. The van der Waals surface area contributed by atoms with Crippen LogP contribution in [0.25, 0.3) is 10.9 Å². The summed E-state index contributed by atoms with van der Waals surface area (Å²) in [5.74, 6) is 5.58. The van der Waals surface area contributed by atoms with Crippen LogP contribution in [-0.4, -0.2) is 38.2 Å². The largest absolute Gasteiger partial charge is 0.361 e. The fourth-order valence-electron chi connectivity index (χ4n) is 4.75. The summed E-state index contributed by atoms with van der Waals surface area (Å²) in [6, 6.07) is 17.9. The smallest absolute Gasteiger partial charge is 0.262 e. The zero-order valence-corrected chi connectivity index (χ0v) is 25.2. The maximum Gasteiger partial charge on any atom is 0.262 e. The molecule has 0 saturated carbocycles. The first-order valence-electron chi connectivity index (χ1n) is 14.3. The van der Waals surface area contributed by atoms with Crippen LogP contribution < -0.4 is 10.2 Å². The van der Waals surface area contributed by atoms with Crippen molar-refractivity contribution in [3.63, 3.8) is 0 Å². The van der Waals surface area contributed by atoms with Crippen molar-refractivity contribution in [1.29, 1.82) is 0 Å². The van der Waals surface area contributed by atoms with Crippen molar-refractivity contribution in [3.8, 4) is 11.8 Å². The van der Waals surface area contributed by atoms with Crippen LogP contribution in [0.3, 0.4) is 0 Å². The lowest BCUT2D eigenvalue weighted by Gasteiger charge is -2.24. The van der Waals surface area contributed by atoms with E-state index in [9.17, 15) is 13.2 Å². The van der Waals surface area contributed by atoms with E-state index in [-0.39, 0.29) is 10.6 Å². The van der Waals surface area contributed by atoms with E-state index in [0.717, 1.165) is 65.5 Å². The van der Waals surface area contributed by atoms with Gasteiger partial charge in [-0.3, -0.25) is 4.79 Å². The Hall–Kier alpha value is -3.46. The highest BCUT2D eigenvalue weighted by atomic mass is 32.2. The summed E-state index contributed by atoms with van der Waals surface area (Å²) in [7, 11) is -4.04. The number of H-pyrrole nitrogens is 1. The third-order valence-electron chi connectivity index (χ3n) is 7.09. The van der Waals surface area contributed by atoms with Gasteiger partial charge in [-0.05, 0) is 73.6 Å². The number of sulfonamides is 1. The maximum absolute atomic E-state index is 13.5. The number of carbonyl (C=O) groups is 1. The van der Waals surface area contributed by atoms with E-state index >= 15 is 0 Å². The number of nitrogens with one attached hydrogen (secondary N) is 3. The van der Waals surface area contributed by atoms with Crippen LogP contribution in [0.5, 0.6) is 0 Å². The molecular weight excluding hydrogens is 571 g/mol. The fourth-order valence-corrected chi connectivity index (χ4v) is 7.13. The first kappa shape index (κ1) is 30.0. The molecule has 10 heteroatoms. The second-order valence-corrected chi connectivity index (χ2v) is 13.3. The van der Waals surface area contributed by atoms with E-state index in [0.29, 0.717) is 17.9 Å². The Morgan fingerprint density at radius 2 is 1.95 bits per heavy atom. The molecule has 2 atom stereocenters. The third kappa shape index (κ3) is 7.88. The third-order valence-corrected chi connectivity index (χ3v) is 10.1. The lowest BCUT2D eigenvalue weighted by molar-refractivity contribution is -0.201. The number of rotatable bonds is 11. The van der Waals surface area contributed by atoms with Crippen molar-refractivity contribution >= 4 is 38.2 Å². The molecule has 3 heterocycles. The van der Waals surface area contributed by atoms with Crippen LogP contribution in [0.1, 0.15) is 60.6 Å². The van der Waals surface area contributed by atoms with Crippen molar-refractivity contribution in [2.75, 3.05) is 6.61 Å². The molecular formula is C32H35N3O5S2. The Morgan fingerprint density at radius 1 is 1.12 bits per heavy atom. The molecule has 1 unspecified atom stereocenters. The van der Waals surface area contributed by atoms with E-state index < -0.39 is 28.3 Å². The Labute approximate surface area is 250 Å². The number of para-hydroxylation sites is 1. The number of unbranched alkanes of at least 4 members (excludes halogenated alkanes) is 1. The normalized spacial score (nSPS) is 16.1. The van der Waals surface area contributed by atoms with Crippen molar-refractivity contribution in [3.05, 3.63) is 88.4 Å². The molecule has 5 rings (SSSR count). The van der Waals surface area contributed by atoms with Crippen molar-refractivity contribution in [2.45, 2.75) is 68.4 Å². The number of amides is 1.